The van der Waals surface area contributed by atoms with E-state index in [-0.39, 0.29) is 11.3 Å². The highest BCUT2D eigenvalue weighted by molar-refractivity contribution is 6.02. The molecule has 23 heavy (non-hydrogen) atoms. The predicted octanol–water partition coefficient (Wildman–Crippen LogP) is 2.03. The Hall–Kier alpha value is -2.08. The zero-order valence-electron chi connectivity index (χ0n) is 13.2. The summed E-state index contributed by atoms with van der Waals surface area (Å²) in [5, 5.41) is 7.35. The second-order valence-electron chi connectivity index (χ2n) is 6.47. The van der Waals surface area contributed by atoms with Crippen molar-refractivity contribution in [1.29, 1.82) is 0 Å². The van der Waals surface area contributed by atoms with E-state index in [4.69, 9.17) is 9.47 Å². The first-order valence-corrected chi connectivity index (χ1v) is 8.14. The van der Waals surface area contributed by atoms with Crippen molar-refractivity contribution in [3.63, 3.8) is 0 Å². The van der Waals surface area contributed by atoms with Crippen LogP contribution in [0.5, 0.6) is 5.75 Å². The molecular formula is C17H21N3O3. The van der Waals surface area contributed by atoms with Crippen LogP contribution in [0.1, 0.15) is 36.0 Å². The molecule has 3 heterocycles. The van der Waals surface area contributed by atoms with Gasteiger partial charge < -0.3 is 14.8 Å². The van der Waals surface area contributed by atoms with E-state index >= 15 is 0 Å². The van der Waals surface area contributed by atoms with E-state index in [1.807, 2.05) is 18.3 Å². The van der Waals surface area contributed by atoms with Crippen LogP contribution in [0.3, 0.4) is 0 Å². The maximum atomic E-state index is 12.7. The summed E-state index contributed by atoms with van der Waals surface area (Å²) in [5.41, 5.74) is 1.38. The molecule has 1 aliphatic carbocycles. The van der Waals surface area contributed by atoms with Crippen LogP contribution in [-0.4, -0.2) is 41.9 Å². The van der Waals surface area contributed by atoms with Gasteiger partial charge in [-0.25, -0.2) is 4.52 Å². The first kappa shape index (κ1) is 14.5. The van der Waals surface area contributed by atoms with Gasteiger partial charge in [0.25, 0.3) is 5.91 Å². The molecule has 2 atom stereocenters. The zero-order valence-corrected chi connectivity index (χ0v) is 13.2. The molecule has 6 nitrogen and oxygen atoms in total. The van der Waals surface area contributed by atoms with Crippen LogP contribution in [0.2, 0.25) is 0 Å². The van der Waals surface area contributed by atoms with Gasteiger partial charge in [-0.1, -0.05) is 6.42 Å². The van der Waals surface area contributed by atoms with Crippen molar-refractivity contribution in [2.45, 2.75) is 31.8 Å². The molecule has 2 aliphatic rings. The number of amides is 1. The lowest BCUT2D eigenvalue weighted by Crippen LogP contribution is -2.39. The van der Waals surface area contributed by atoms with E-state index in [1.54, 1.807) is 17.8 Å². The third-order valence-electron chi connectivity index (χ3n) is 5.31. The molecule has 1 aliphatic heterocycles. The summed E-state index contributed by atoms with van der Waals surface area (Å²) in [7, 11) is 1.60. The lowest BCUT2D eigenvalue weighted by Gasteiger charge is -2.27. The molecular weight excluding hydrogens is 294 g/mol. The number of nitrogens with one attached hydrogen (secondary N) is 1. The number of methoxy groups -OCH3 is 1. The molecule has 0 radical (unpaired) electrons. The van der Waals surface area contributed by atoms with Crippen LogP contribution in [0.4, 0.5) is 0 Å². The average Bonchev–Trinajstić information content (AvgIpc) is 3.25. The molecule has 6 heteroatoms. The lowest BCUT2D eigenvalue weighted by molar-refractivity contribution is 0.0670. The third-order valence-corrected chi connectivity index (χ3v) is 5.31. The fourth-order valence-electron chi connectivity index (χ4n) is 4.04. The Balaban J connectivity index is 1.56. The van der Waals surface area contributed by atoms with E-state index < -0.39 is 0 Å². The second-order valence-corrected chi connectivity index (χ2v) is 6.47. The van der Waals surface area contributed by atoms with Crippen LogP contribution in [-0.2, 0) is 4.74 Å². The highest BCUT2D eigenvalue weighted by Gasteiger charge is 2.47. The molecule has 2 fully saturated rings. The van der Waals surface area contributed by atoms with Gasteiger partial charge in [0, 0.05) is 24.8 Å². The molecule has 0 unspecified atom stereocenters. The summed E-state index contributed by atoms with van der Waals surface area (Å²) in [6.45, 7) is 1.48. The maximum absolute atomic E-state index is 12.7. The molecule has 0 bridgehead atoms. The van der Waals surface area contributed by atoms with Crippen LogP contribution < -0.4 is 10.1 Å². The summed E-state index contributed by atoms with van der Waals surface area (Å²) >= 11 is 0. The van der Waals surface area contributed by atoms with Gasteiger partial charge in [0.05, 0.1) is 25.0 Å². The summed E-state index contributed by atoms with van der Waals surface area (Å²) in [6.07, 6.45) is 8.19. The fourth-order valence-corrected chi connectivity index (χ4v) is 4.04. The number of hydrogen-bond acceptors (Lipinski definition) is 4. The first-order chi connectivity index (χ1) is 11.2. The van der Waals surface area contributed by atoms with Gasteiger partial charge in [-0.15, -0.1) is 0 Å². The number of carbonyl (C=O) groups excluding carboxylic acids is 1. The molecule has 1 saturated carbocycles. The maximum Gasteiger partial charge on any atom is 0.255 e. The SMILES string of the molecule is COc1cccn2ncc(C(=O)NC[C@]34CCC[C@H]3OCC4)c12. The largest absolute Gasteiger partial charge is 0.494 e. The normalized spacial score (nSPS) is 26.4. The van der Waals surface area contributed by atoms with E-state index in [2.05, 4.69) is 10.4 Å². The molecule has 122 valence electrons. The van der Waals surface area contributed by atoms with Gasteiger partial charge in [-0.05, 0) is 31.4 Å². The Morgan fingerprint density at radius 1 is 1.57 bits per heavy atom. The monoisotopic (exact) mass is 315 g/mol. The summed E-state index contributed by atoms with van der Waals surface area (Å²) in [5.74, 6) is 0.549. The van der Waals surface area contributed by atoms with Gasteiger partial charge >= 0.3 is 0 Å². The molecule has 0 aromatic carbocycles. The van der Waals surface area contributed by atoms with Crippen molar-refractivity contribution in [1.82, 2.24) is 14.9 Å². The molecule has 2 aromatic rings. The van der Waals surface area contributed by atoms with E-state index in [1.165, 1.54) is 6.42 Å². The second kappa shape index (κ2) is 5.53. The van der Waals surface area contributed by atoms with Crippen molar-refractivity contribution in [2.24, 2.45) is 5.41 Å². The van der Waals surface area contributed by atoms with Crippen LogP contribution >= 0.6 is 0 Å². The fraction of sp³-hybridized carbons (Fsp3) is 0.529. The van der Waals surface area contributed by atoms with Gasteiger partial charge in [0.2, 0.25) is 0 Å². The Labute approximate surface area is 134 Å². The zero-order chi connectivity index (χ0) is 15.9. The molecule has 2 aromatic heterocycles. The minimum absolute atomic E-state index is 0.101. The van der Waals surface area contributed by atoms with E-state index in [0.29, 0.717) is 29.5 Å². The van der Waals surface area contributed by atoms with Gasteiger partial charge in [0.15, 0.2) is 0 Å². The topological polar surface area (TPSA) is 64.9 Å². The highest BCUT2D eigenvalue weighted by atomic mass is 16.5. The molecule has 1 amide bonds. The minimum atomic E-state index is -0.101. The third kappa shape index (κ3) is 2.28. The van der Waals surface area contributed by atoms with Crippen molar-refractivity contribution < 1.29 is 14.3 Å². The number of hydrogen-bond donors (Lipinski definition) is 1. The summed E-state index contributed by atoms with van der Waals surface area (Å²) in [6, 6.07) is 3.68. The highest BCUT2D eigenvalue weighted by Crippen LogP contribution is 2.46. The molecule has 0 spiro atoms. The average molecular weight is 315 g/mol. The van der Waals surface area contributed by atoms with Crippen LogP contribution in [0.15, 0.2) is 24.5 Å². The van der Waals surface area contributed by atoms with Gasteiger partial charge in [-0.3, -0.25) is 4.79 Å². The van der Waals surface area contributed by atoms with Crippen LogP contribution in [0, 0.1) is 5.41 Å². The Morgan fingerprint density at radius 2 is 2.48 bits per heavy atom. The molecule has 4 rings (SSSR count). The van der Waals surface area contributed by atoms with Crippen LogP contribution in [0.25, 0.3) is 5.52 Å². The Morgan fingerprint density at radius 3 is 3.35 bits per heavy atom. The van der Waals surface area contributed by atoms with Gasteiger partial charge in [-0.2, -0.15) is 5.10 Å². The number of rotatable bonds is 4. The number of nitrogens with zero attached hydrogens (tertiary/aromatic N) is 2. The Kier molecular flexibility index (Phi) is 3.49. The number of aromatic nitrogens is 2. The number of pyridine rings is 1. The first-order valence-electron chi connectivity index (χ1n) is 8.14. The van der Waals surface area contributed by atoms with Crippen molar-refractivity contribution in [3.8, 4) is 5.75 Å². The molecule has 1 saturated heterocycles. The van der Waals surface area contributed by atoms with Crippen molar-refractivity contribution >= 4 is 11.4 Å². The van der Waals surface area contributed by atoms with Crippen molar-refractivity contribution in [2.75, 3.05) is 20.3 Å². The number of carbonyl (C=O) groups is 1. The molecule has 1 N–H and O–H groups in total. The Bertz CT molecular complexity index is 730. The minimum Gasteiger partial charge on any atom is -0.494 e. The van der Waals surface area contributed by atoms with E-state index in [9.17, 15) is 4.79 Å². The summed E-state index contributed by atoms with van der Waals surface area (Å²) < 4.78 is 12.9. The number of ether oxygens (including phenoxy) is 2. The number of fused-ring (bicyclic) bond motifs is 2. The lowest BCUT2D eigenvalue weighted by atomic mass is 9.83. The quantitative estimate of drug-likeness (QED) is 0.937. The van der Waals surface area contributed by atoms with Gasteiger partial charge in [0.1, 0.15) is 11.3 Å². The standard InChI is InChI=1S/C17H21N3O3/c1-22-13-4-3-8-20-15(13)12(10-19-20)16(21)18-11-17-6-2-5-14(17)23-9-7-17/h3-4,8,10,14H,2,5-7,9,11H2,1H3,(H,18,21)/t14-,17-/m1/s1. The smallest absolute Gasteiger partial charge is 0.255 e. The van der Waals surface area contributed by atoms with E-state index in [0.717, 1.165) is 25.9 Å². The summed E-state index contributed by atoms with van der Waals surface area (Å²) in [4.78, 5) is 12.7. The van der Waals surface area contributed by atoms with Crippen molar-refractivity contribution in [3.05, 3.63) is 30.1 Å². The predicted molar refractivity (Wildman–Crippen MR) is 84.7 cm³/mol.